The van der Waals surface area contributed by atoms with Crippen molar-refractivity contribution in [3.05, 3.63) is 47.3 Å². The standard InChI is InChI=1S/C20H21N5O3/c1-3-21-20(27)15-9-22-19-18(15)25-17(10-23-19)28-13-6-4-12-5-7-16(14(12)8-13)24-11(2)26/h4,6,8-10,16H,3,5,7H2,1-2H3,(H,21,27)(H,22,23)(H,24,26). The molecule has 1 aliphatic carbocycles. The smallest absolute Gasteiger partial charge is 0.255 e. The van der Waals surface area contributed by atoms with Crippen LogP contribution in [0.25, 0.3) is 11.2 Å². The highest BCUT2D eigenvalue weighted by Gasteiger charge is 2.24. The predicted octanol–water partition coefficient (Wildman–Crippen LogP) is 2.62. The van der Waals surface area contributed by atoms with E-state index in [-0.39, 0.29) is 17.9 Å². The molecule has 1 unspecified atom stereocenters. The summed E-state index contributed by atoms with van der Waals surface area (Å²) in [6, 6.07) is 5.81. The van der Waals surface area contributed by atoms with E-state index in [1.54, 1.807) is 6.20 Å². The van der Waals surface area contributed by atoms with Crippen molar-refractivity contribution in [1.29, 1.82) is 0 Å². The molecule has 0 radical (unpaired) electrons. The summed E-state index contributed by atoms with van der Waals surface area (Å²) in [6.07, 6.45) is 4.90. The molecule has 1 atom stereocenters. The minimum Gasteiger partial charge on any atom is -0.437 e. The largest absolute Gasteiger partial charge is 0.437 e. The van der Waals surface area contributed by atoms with Crippen molar-refractivity contribution in [2.75, 3.05) is 6.54 Å². The van der Waals surface area contributed by atoms with E-state index in [4.69, 9.17) is 4.74 Å². The van der Waals surface area contributed by atoms with Crippen LogP contribution in [0.2, 0.25) is 0 Å². The Kier molecular flexibility index (Phi) is 4.68. The molecule has 0 spiro atoms. The Morgan fingerprint density at radius 2 is 2.21 bits per heavy atom. The number of H-pyrrole nitrogens is 1. The summed E-state index contributed by atoms with van der Waals surface area (Å²) >= 11 is 0. The van der Waals surface area contributed by atoms with Crippen LogP contribution in [-0.2, 0) is 11.2 Å². The first-order valence-corrected chi connectivity index (χ1v) is 9.25. The zero-order valence-electron chi connectivity index (χ0n) is 15.7. The summed E-state index contributed by atoms with van der Waals surface area (Å²) in [5, 5.41) is 5.73. The molecule has 3 aromatic rings. The number of fused-ring (bicyclic) bond motifs is 2. The Labute approximate surface area is 161 Å². The highest BCUT2D eigenvalue weighted by Crippen LogP contribution is 2.35. The fraction of sp³-hybridized carbons (Fsp3) is 0.300. The van der Waals surface area contributed by atoms with E-state index in [2.05, 4.69) is 25.6 Å². The number of rotatable bonds is 5. The number of aromatic amines is 1. The fourth-order valence-corrected chi connectivity index (χ4v) is 3.51. The average Bonchev–Trinajstić information content (AvgIpc) is 3.25. The molecule has 8 nitrogen and oxygen atoms in total. The third kappa shape index (κ3) is 3.40. The number of aryl methyl sites for hydroxylation is 1. The van der Waals surface area contributed by atoms with Gasteiger partial charge >= 0.3 is 0 Å². The van der Waals surface area contributed by atoms with Crippen LogP contribution >= 0.6 is 0 Å². The second-order valence-electron chi connectivity index (χ2n) is 6.72. The second kappa shape index (κ2) is 7.30. The van der Waals surface area contributed by atoms with E-state index in [0.29, 0.717) is 34.9 Å². The van der Waals surface area contributed by atoms with Crippen LogP contribution < -0.4 is 15.4 Å². The molecule has 1 aromatic carbocycles. The van der Waals surface area contributed by atoms with Gasteiger partial charge in [0.05, 0.1) is 17.8 Å². The molecule has 28 heavy (non-hydrogen) atoms. The summed E-state index contributed by atoms with van der Waals surface area (Å²) < 4.78 is 5.90. The molecule has 2 aromatic heterocycles. The van der Waals surface area contributed by atoms with Crippen molar-refractivity contribution in [3.63, 3.8) is 0 Å². The van der Waals surface area contributed by atoms with Crippen LogP contribution in [0.1, 0.15) is 47.8 Å². The van der Waals surface area contributed by atoms with Crippen LogP contribution in [0, 0.1) is 0 Å². The molecule has 144 valence electrons. The molecule has 0 fully saturated rings. The molecule has 2 heterocycles. The Morgan fingerprint density at radius 1 is 1.36 bits per heavy atom. The third-order valence-electron chi connectivity index (χ3n) is 4.74. The third-order valence-corrected chi connectivity index (χ3v) is 4.74. The van der Waals surface area contributed by atoms with Gasteiger partial charge in [-0.15, -0.1) is 0 Å². The van der Waals surface area contributed by atoms with E-state index >= 15 is 0 Å². The zero-order chi connectivity index (χ0) is 19.7. The highest BCUT2D eigenvalue weighted by molar-refractivity contribution is 6.04. The number of benzene rings is 1. The van der Waals surface area contributed by atoms with Crippen LogP contribution in [0.3, 0.4) is 0 Å². The lowest BCUT2D eigenvalue weighted by Gasteiger charge is -2.13. The summed E-state index contributed by atoms with van der Waals surface area (Å²) in [7, 11) is 0. The molecule has 2 amide bonds. The topological polar surface area (TPSA) is 109 Å². The van der Waals surface area contributed by atoms with E-state index in [0.717, 1.165) is 18.4 Å². The molecular formula is C20H21N5O3. The number of nitrogens with one attached hydrogen (secondary N) is 3. The van der Waals surface area contributed by atoms with Gasteiger partial charge in [0.1, 0.15) is 11.3 Å². The molecular weight excluding hydrogens is 358 g/mol. The number of amides is 2. The maximum absolute atomic E-state index is 12.2. The number of carbonyl (C=O) groups is 2. The van der Waals surface area contributed by atoms with Crippen LogP contribution in [0.4, 0.5) is 0 Å². The SMILES string of the molecule is CCNC(=O)c1c[nH]c2ncc(Oc3ccc4c(c3)C(NC(C)=O)CC4)nc12. The number of ether oxygens (including phenoxy) is 1. The van der Waals surface area contributed by atoms with Crippen molar-refractivity contribution in [1.82, 2.24) is 25.6 Å². The van der Waals surface area contributed by atoms with Gasteiger partial charge in [0.25, 0.3) is 5.91 Å². The minimum atomic E-state index is -0.212. The number of aromatic nitrogens is 3. The molecule has 3 N–H and O–H groups in total. The van der Waals surface area contributed by atoms with Gasteiger partial charge in [-0.2, -0.15) is 0 Å². The maximum Gasteiger partial charge on any atom is 0.255 e. The van der Waals surface area contributed by atoms with Gasteiger partial charge in [-0.25, -0.2) is 9.97 Å². The summed E-state index contributed by atoms with van der Waals surface area (Å²) in [5.41, 5.74) is 3.67. The van der Waals surface area contributed by atoms with Crippen molar-refractivity contribution in [3.8, 4) is 11.6 Å². The lowest BCUT2D eigenvalue weighted by atomic mass is 10.1. The van der Waals surface area contributed by atoms with Gasteiger partial charge in [0.2, 0.25) is 11.8 Å². The average molecular weight is 379 g/mol. The molecule has 0 saturated carbocycles. The second-order valence-corrected chi connectivity index (χ2v) is 6.72. The van der Waals surface area contributed by atoms with Crippen molar-refractivity contribution >= 4 is 23.0 Å². The van der Waals surface area contributed by atoms with E-state index in [1.807, 2.05) is 25.1 Å². The van der Waals surface area contributed by atoms with Gasteiger partial charge in [0.15, 0.2) is 5.65 Å². The van der Waals surface area contributed by atoms with Gasteiger partial charge in [-0.05, 0) is 43.0 Å². The first-order valence-electron chi connectivity index (χ1n) is 9.25. The normalized spacial score (nSPS) is 15.3. The first-order chi connectivity index (χ1) is 13.5. The van der Waals surface area contributed by atoms with Crippen LogP contribution in [0.5, 0.6) is 11.6 Å². The van der Waals surface area contributed by atoms with E-state index < -0.39 is 0 Å². The Morgan fingerprint density at radius 3 is 3.00 bits per heavy atom. The molecule has 8 heteroatoms. The van der Waals surface area contributed by atoms with Crippen LogP contribution in [-0.4, -0.2) is 33.3 Å². The van der Waals surface area contributed by atoms with Gasteiger partial charge in [-0.1, -0.05) is 6.07 Å². The fourth-order valence-electron chi connectivity index (χ4n) is 3.51. The Bertz CT molecular complexity index is 1060. The number of nitrogens with zero attached hydrogens (tertiary/aromatic N) is 2. The molecule has 4 rings (SSSR count). The number of hydrogen-bond acceptors (Lipinski definition) is 5. The van der Waals surface area contributed by atoms with Crippen LogP contribution in [0.15, 0.2) is 30.6 Å². The van der Waals surface area contributed by atoms with E-state index in [9.17, 15) is 9.59 Å². The summed E-state index contributed by atoms with van der Waals surface area (Å²) in [6.45, 7) is 3.90. The van der Waals surface area contributed by atoms with E-state index in [1.165, 1.54) is 18.7 Å². The van der Waals surface area contributed by atoms with Gasteiger partial charge in [-0.3, -0.25) is 9.59 Å². The zero-order valence-corrected chi connectivity index (χ0v) is 15.7. The quantitative estimate of drug-likeness (QED) is 0.631. The van der Waals surface area contributed by atoms with Crippen molar-refractivity contribution in [2.45, 2.75) is 32.7 Å². The summed E-state index contributed by atoms with van der Waals surface area (Å²) in [5.74, 6) is 0.646. The number of carbonyl (C=O) groups excluding carboxylic acids is 2. The monoisotopic (exact) mass is 379 g/mol. The predicted molar refractivity (Wildman–Crippen MR) is 103 cm³/mol. The molecule has 0 bridgehead atoms. The van der Waals surface area contributed by atoms with Gasteiger partial charge < -0.3 is 20.4 Å². The molecule has 0 aliphatic heterocycles. The lowest BCUT2D eigenvalue weighted by molar-refractivity contribution is -0.119. The lowest BCUT2D eigenvalue weighted by Crippen LogP contribution is -2.24. The Hall–Kier alpha value is -3.42. The highest BCUT2D eigenvalue weighted by atomic mass is 16.5. The Balaban J connectivity index is 1.61. The van der Waals surface area contributed by atoms with Gasteiger partial charge in [0, 0.05) is 19.7 Å². The maximum atomic E-state index is 12.2. The molecule has 0 saturated heterocycles. The van der Waals surface area contributed by atoms with Crippen molar-refractivity contribution in [2.24, 2.45) is 0 Å². The first kappa shape index (κ1) is 18.0. The molecule has 1 aliphatic rings. The van der Waals surface area contributed by atoms with Crippen molar-refractivity contribution < 1.29 is 14.3 Å². The number of hydrogen-bond donors (Lipinski definition) is 3. The minimum absolute atomic E-state index is 0.00127. The summed E-state index contributed by atoms with van der Waals surface area (Å²) in [4.78, 5) is 35.3.